The van der Waals surface area contributed by atoms with Crippen LogP contribution in [0.2, 0.25) is 0 Å². The zero-order valence-corrected chi connectivity index (χ0v) is 23.0. The normalized spacial score (nSPS) is 11.3. The lowest BCUT2D eigenvalue weighted by Crippen LogP contribution is -2.09. The Balaban J connectivity index is 1.56. The first kappa shape index (κ1) is 27.3. The molecule has 4 aromatic rings. The maximum atomic E-state index is 5.30. The molecular weight excluding hydrogens is 476 g/mol. The van der Waals surface area contributed by atoms with Crippen molar-refractivity contribution in [2.45, 2.75) is 13.8 Å². The first-order chi connectivity index (χ1) is 19.0. The van der Waals surface area contributed by atoms with Gasteiger partial charge in [-0.1, -0.05) is 85.0 Å². The summed E-state index contributed by atoms with van der Waals surface area (Å²) in [4.78, 5) is 4.38. The van der Waals surface area contributed by atoms with Gasteiger partial charge in [-0.2, -0.15) is 0 Å². The van der Waals surface area contributed by atoms with Crippen molar-refractivity contribution >= 4 is 22.7 Å². The van der Waals surface area contributed by atoms with Crippen LogP contribution in [0, 0.1) is 13.8 Å². The van der Waals surface area contributed by atoms with Gasteiger partial charge in [0.2, 0.25) is 0 Å². The van der Waals surface area contributed by atoms with Gasteiger partial charge in [-0.15, -0.1) is 0 Å². The highest BCUT2D eigenvalue weighted by Crippen LogP contribution is 2.31. The van der Waals surface area contributed by atoms with Crippen LogP contribution in [0.1, 0.15) is 11.1 Å². The van der Waals surface area contributed by atoms with Crippen molar-refractivity contribution in [1.82, 2.24) is 0 Å². The Morgan fingerprint density at radius 1 is 0.667 bits per heavy atom. The van der Waals surface area contributed by atoms with Gasteiger partial charge in [-0.25, -0.2) is 0 Å². The predicted octanol–water partition coefficient (Wildman–Crippen LogP) is 9.66. The molecule has 0 saturated carbocycles. The van der Waals surface area contributed by atoms with Crippen LogP contribution in [0.4, 0.5) is 22.7 Å². The average molecular weight is 513 g/mol. The Kier molecular flexibility index (Phi) is 9.20. The lowest BCUT2D eigenvalue weighted by Gasteiger charge is -2.22. The number of aryl methyl sites for hydroxylation is 2. The van der Waals surface area contributed by atoms with Gasteiger partial charge in [0.15, 0.2) is 0 Å². The van der Waals surface area contributed by atoms with E-state index in [0.29, 0.717) is 6.61 Å². The number of anilines is 4. The zero-order valence-electron chi connectivity index (χ0n) is 23.0. The second-order valence-corrected chi connectivity index (χ2v) is 9.46. The highest BCUT2D eigenvalue weighted by molar-refractivity contribution is 5.73. The number of rotatable bonds is 11. The summed E-state index contributed by atoms with van der Waals surface area (Å²) in [6.45, 7) is 12.1. The summed E-state index contributed by atoms with van der Waals surface area (Å²) < 4.78 is 5.30. The molecule has 39 heavy (non-hydrogen) atoms. The molecule has 4 rings (SSSR count). The predicted molar refractivity (Wildman–Crippen MR) is 168 cm³/mol. The van der Waals surface area contributed by atoms with Gasteiger partial charge in [-0.05, 0) is 85.2 Å². The SMILES string of the molecule is C=COC/C(C=C)=C/C=C/N(c1ccc(C)cc1)c1ccc(-c2ccc(N(C)c3ccc(C)cc3)cc2)cc1. The van der Waals surface area contributed by atoms with E-state index in [-0.39, 0.29) is 0 Å². The molecule has 0 aliphatic carbocycles. The third-order valence-corrected chi connectivity index (χ3v) is 6.64. The van der Waals surface area contributed by atoms with Crippen LogP contribution < -0.4 is 9.80 Å². The van der Waals surface area contributed by atoms with E-state index >= 15 is 0 Å². The molecule has 0 bridgehead atoms. The first-order valence-electron chi connectivity index (χ1n) is 13.1. The zero-order chi connectivity index (χ0) is 27.6. The molecule has 196 valence electrons. The van der Waals surface area contributed by atoms with Gasteiger partial charge in [0.1, 0.15) is 6.61 Å². The minimum absolute atomic E-state index is 0.441. The smallest absolute Gasteiger partial charge is 0.112 e. The van der Waals surface area contributed by atoms with Crippen LogP contribution in [0.3, 0.4) is 0 Å². The molecule has 0 aliphatic rings. The fourth-order valence-corrected chi connectivity index (χ4v) is 4.22. The van der Waals surface area contributed by atoms with Crippen LogP contribution in [0.15, 0.2) is 146 Å². The molecule has 0 radical (unpaired) electrons. The Morgan fingerprint density at radius 2 is 1.10 bits per heavy atom. The second kappa shape index (κ2) is 13.2. The Morgan fingerprint density at radius 3 is 1.56 bits per heavy atom. The van der Waals surface area contributed by atoms with Crippen molar-refractivity contribution in [2.24, 2.45) is 0 Å². The molecule has 0 aromatic heterocycles. The van der Waals surface area contributed by atoms with Crippen molar-refractivity contribution in [3.63, 3.8) is 0 Å². The maximum Gasteiger partial charge on any atom is 0.112 e. The van der Waals surface area contributed by atoms with E-state index in [1.165, 1.54) is 34.2 Å². The number of allylic oxidation sites excluding steroid dienone is 2. The van der Waals surface area contributed by atoms with E-state index in [9.17, 15) is 0 Å². The molecule has 0 spiro atoms. The number of benzene rings is 4. The van der Waals surface area contributed by atoms with Crippen LogP contribution >= 0.6 is 0 Å². The Bertz CT molecular complexity index is 1430. The quantitative estimate of drug-likeness (QED) is 0.147. The van der Waals surface area contributed by atoms with E-state index in [1.807, 2.05) is 12.2 Å². The highest BCUT2D eigenvalue weighted by Gasteiger charge is 2.08. The van der Waals surface area contributed by atoms with Gasteiger partial charge in [0, 0.05) is 36.0 Å². The average Bonchev–Trinajstić information content (AvgIpc) is 2.98. The lowest BCUT2D eigenvalue weighted by atomic mass is 10.0. The lowest BCUT2D eigenvalue weighted by molar-refractivity contribution is 0.285. The van der Waals surface area contributed by atoms with E-state index in [2.05, 4.69) is 147 Å². The maximum absolute atomic E-state index is 5.30. The molecule has 0 saturated heterocycles. The summed E-state index contributed by atoms with van der Waals surface area (Å²) in [7, 11) is 2.10. The summed E-state index contributed by atoms with van der Waals surface area (Å²) in [5, 5.41) is 0. The van der Waals surface area contributed by atoms with Gasteiger partial charge >= 0.3 is 0 Å². The number of nitrogens with zero attached hydrogens (tertiary/aromatic N) is 2. The molecule has 0 amide bonds. The van der Waals surface area contributed by atoms with Crippen LogP contribution in [0.5, 0.6) is 0 Å². The molecule has 3 heteroatoms. The molecule has 0 aliphatic heterocycles. The van der Waals surface area contributed by atoms with Gasteiger partial charge in [0.25, 0.3) is 0 Å². The standard InChI is InChI=1S/C36H36N2O/c1-6-30(27-39-7-2)9-8-26-38(35-20-12-29(4)13-21-35)36-24-16-32(17-25-36)31-14-22-34(23-15-31)37(5)33-18-10-28(3)11-19-33/h6-26H,1-2,27H2,3-5H3/b26-8+,30-9+. The van der Waals surface area contributed by atoms with Crippen LogP contribution in [0.25, 0.3) is 11.1 Å². The Labute approximate surface area is 233 Å². The largest absolute Gasteiger partial charge is 0.497 e. The fraction of sp³-hybridized carbons (Fsp3) is 0.111. The summed E-state index contributed by atoms with van der Waals surface area (Å²) in [6.07, 6.45) is 9.31. The van der Waals surface area contributed by atoms with Crippen molar-refractivity contribution in [2.75, 3.05) is 23.5 Å². The second-order valence-electron chi connectivity index (χ2n) is 9.46. The van der Waals surface area contributed by atoms with Crippen molar-refractivity contribution < 1.29 is 4.74 Å². The van der Waals surface area contributed by atoms with Crippen LogP contribution in [-0.2, 0) is 4.74 Å². The molecule has 3 nitrogen and oxygen atoms in total. The minimum Gasteiger partial charge on any atom is -0.497 e. The molecule has 0 heterocycles. The fourth-order valence-electron chi connectivity index (χ4n) is 4.22. The van der Waals surface area contributed by atoms with E-state index in [1.54, 1.807) is 6.08 Å². The van der Waals surface area contributed by atoms with Crippen molar-refractivity contribution in [1.29, 1.82) is 0 Å². The van der Waals surface area contributed by atoms with Crippen LogP contribution in [-0.4, -0.2) is 13.7 Å². The summed E-state index contributed by atoms with van der Waals surface area (Å²) >= 11 is 0. The highest BCUT2D eigenvalue weighted by atomic mass is 16.5. The van der Waals surface area contributed by atoms with Gasteiger partial charge < -0.3 is 14.5 Å². The van der Waals surface area contributed by atoms with E-state index < -0.39 is 0 Å². The number of hydrogen-bond donors (Lipinski definition) is 0. The monoisotopic (exact) mass is 512 g/mol. The number of hydrogen-bond acceptors (Lipinski definition) is 3. The number of ether oxygens (including phenoxy) is 1. The third-order valence-electron chi connectivity index (χ3n) is 6.64. The first-order valence-corrected chi connectivity index (χ1v) is 13.1. The summed E-state index contributed by atoms with van der Waals surface area (Å²) in [6, 6.07) is 34.5. The van der Waals surface area contributed by atoms with E-state index in [4.69, 9.17) is 4.74 Å². The molecule has 0 atom stereocenters. The van der Waals surface area contributed by atoms with Gasteiger partial charge in [0.05, 0.1) is 6.26 Å². The minimum atomic E-state index is 0.441. The van der Waals surface area contributed by atoms with Crippen molar-refractivity contribution in [3.8, 4) is 11.1 Å². The van der Waals surface area contributed by atoms with Crippen molar-refractivity contribution in [3.05, 3.63) is 158 Å². The molecule has 0 fully saturated rings. The topological polar surface area (TPSA) is 15.7 Å². The molecule has 0 N–H and O–H groups in total. The third kappa shape index (κ3) is 7.18. The van der Waals surface area contributed by atoms with E-state index in [0.717, 1.165) is 22.6 Å². The molecular formula is C36H36N2O. The Hall–Kier alpha value is -4.76. The molecule has 0 unspecified atom stereocenters. The summed E-state index contributed by atoms with van der Waals surface area (Å²) in [5.74, 6) is 0. The summed E-state index contributed by atoms with van der Waals surface area (Å²) in [5.41, 5.74) is 10.3. The molecule has 4 aromatic carbocycles. The van der Waals surface area contributed by atoms with Gasteiger partial charge in [-0.3, -0.25) is 0 Å².